The van der Waals surface area contributed by atoms with Crippen molar-refractivity contribution in [3.8, 4) is 0 Å². The second kappa shape index (κ2) is 5.51. The summed E-state index contributed by atoms with van der Waals surface area (Å²) in [4.78, 5) is 23.0. The lowest BCUT2D eigenvalue weighted by Gasteiger charge is -2.25. The van der Waals surface area contributed by atoms with Gasteiger partial charge in [-0.2, -0.15) is 0 Å². The SMILES string of the molecule is CS(=O)(=O)C1(C(=O)NCc2ccc(C(=O)O)o2)CCCC1. The lowest BCUT2D eigenvalue weighted by atomic mass is 10.1. The van der Waals surface area contributed by atoms with E-state index in [0.717, 1.165) is 6.26 Å². The van der Waals surface area contributed by atoms with Crippen LogP contribution in [-0.4, -0.2) is 36.4 Å². The average molecular weight is 315 g/mol. The molecule has 1 fully saturated rings. The topological polar surface area (TPSA) is 114 Å². The van der Waals surface area contributed by atoms with Crippen molar-refractivity contribution in [1.29, 1.82) is 0 Å². The Hall–Kier alpha value is -1.83. The van der Waals surface area contributed by atoms with Crippen LogP contribution in [0.3, 0.4) is 0 Å². The molecule has 2 N–H and O–H groups in total. The summed E-state index contributed by atoms with van der Waals surface area (Å²) in [5, 5.41) is 11.3. The van der Waals surface area contributed by atoms with Crippen molar-refractivity contribution in [2.24, 2.45) is 0 Å². The third-order valence-electron chi connectivity index (χ3n) is 3.83. The summed E-state index contributed by atoms with van der Waals surface area (Å²) in [6.45, 7) is -0.0383. The predicted octanol–water partition coefficient (Wildman–Crippen LogP) is 0.951. The molecule has 2 rings (SSSR count). The molecule has 7 nitrogen and oxygen atoms in total. The van der Waals surface area contributed by atoms with Gasteiger partial charge in [0.05, 0.1) is 6.54 Å². The summed E-state index contributed by atoms with van der Waals surface area (Å²) in [7, 11) is -3.51. The molecule has 0 spiro atoms. The first kappa shape index (κ1) is 15.6. The minimum Gasteiger partial charge on any atom is -0.475 e. The molecule has 116 valence electrons. The van der Waals surface area contributed by atoms with Gasteiger partial charge in [-0.15, -0.1) is 0 Å². The lowest BCUT2D eigenvalue weighted by Crippen LogP contribution is -2.49. The number of aromatic carboxylic acids is 1. The van der Waals surface area contributed by atoms with Gasteiger partial charge >= 0.3 is 5.97 Å². The van der Waals surface area contributed by atoms with E-state index in [2.05, 4.69) is 5.32 Å². The predicted molar refractivity (Wildman–Crippen MR) is 73.6 cm³/mol. The van der Waals surface area contributed by atoms with Crippen LogP contribution in [0.25, 0.3) is 0 Å². The van der Waals surface area contributed by atoms with Gasteiger partial charge in [-0.05, 0) is 25.0 Å². The van der Waals surface area contributed by atoms with Crippen LogP contribution in [0.4, 0.5) is 0 Å². The van der Waals surface area contributed by atoms with Crippen molar-refractivity contribution in [2.75, 3.05) is 6.26 Å². The van der Waals surface area contributed by atoms with Crippen LogP contribution in [0.2, 0.25) is 0 Å². The first-order chi connectivity index (χ1) is 9.76. The summed E-state index contributed by atoms with van der Waals surface area (Å²) in [5.41, 5.74) is 0. The highest BCUT2D eigenvalue weighted by Gasteiger charge is 2.49. The van der Waals surface area contributed by atoms with Gasteiger partial charge in [0.25, 0.3) is 0 Å². The number of rotatable bonds is 5. The van der Waals surface area contributed by atoms with E-state index in [1.807, 2.05) is 0 Å². The Morgan fingerprint density at radius 1 is 1.33 bits per heavy atom. The van der Waals surface area contributed by atoms with Gasteiger partial charge in [0.15, 0.2) is 9.84 Å². The van der Waals surface area contributed by atoms with Gasteiger partial charge in [-0.25, -0.2) is 13.2 Å². The van der Waals surface area contributed by atoms with Crippen LogP contribution < -0.4 is 5.32 Å². The van der Waals surface area contributed by atoms with E-state index in [4.69, 9.17) is 9.52 Å². The minimum atomic E-state index is -3.51. The summed E-state index contributed by atoms with van der Waals surface area (Å²) in [6.07, 6.45) is 3.11. The molecule has 1 amide bonds. The average Bonchev–Trinajstić information content (AvgIpc) is 3.04. The highest BCUT2D eigenvalue weighted by molar-refractivity contribution is 7.92. The maximum absolute atomic E-state index is 12.3. The zero-order valence-corrected chi connectivity index (χ0v) is 12.4. The second-order valence-electron chi connectivity index (χ2n) is 5.23. The monoisotopic (exact) mass is 315 g/mol. The molecule has 0 aromatic carbocycles. The number of carbonyl (C=O) groups is 2. The van der Waals surface area contributed by atoms with Crippen molar-refractivity contribution in [1.82, 2.24) is 5.32 Å². The Kier molecular flexibility index (Phi) is 4.08. The number of hydrogen-bond acceptors (Lipinski definition) is 5. The van der Waals surface area contributed by atoms with Crippen molar-refractivity contribution >= 4 is 21.7 Å². The maximum Gasteiger partial charge on any atom is 0.371 e. The first-order valence-electron chi connectivity index (χ1n) is 6.56. The van der Waals surface area contributed by atoms with Gasteiger partial charge in [0.1, 0.15) is 10.5 Å². The number of sulfone groups is 1. The largest absolute Gasteiger partial charge is 0.475 e. The molecule has 1 aliphatic carbocycles. The quantitative estimate of drug-likeness (QED) is 0.836. The van der Waals surface area contributed by atoms with Gasteiger partial charge in [-0.3, -0.25) is 4.79 Å². The van der Waals surface area contributed by atoms with Crippen molar-refractivity contribution in [3.05, 3.63) is 23.7 Å². The summed E-state index contributed by atoms with van der Waals surface area (Å²) in [6, 6.07) is 2.72. The van der Waals surface area contributed by atoms with Crippen LogP contribution >= 0.6 is 0 Å². The van der Waals surface area contributed by atoms with Gasteiger partial charge in [0, 0.05) is 6.26 Å². The highest BCUT2D eigenvalue weighted by Crippen LogP contribution is 2.36. The standard InChI is InChI=1S/C13H17NO6S/c1-21(18,19)13(6-2-3-7-13)12(17)14-8-9-4-5-10(20-9)11(15)16/h4-5H,2-3,6-8H2,1H3,(H,14,17)(H,15,16). The summed E-state index contributed by atoms with van der Waals surface area (Å²) >= 11 is 0. The third-order valence-corrected chi connectivity index (χ3v) is 5.84. The molecule has 0 atom stereocenters. The van der Waals surface area contributed by atoms with Gasteiger partial charge < -0.3 is 14.8 Å². The molecule has 0 unspecified atom stereocenters. The Morgan fingerprint density at radius 3 is 2.43 bits per heavy atom. The van der Waals surface area contributed by atoms with Crippen LogP contribution in [0, 0.1) is 0 Å². The zero-order chi connectivity index (χ0) is 15.7. The molecule has 8 heteroatoms. The Bertz CT molecular complexity index is 654. The summed E-state index contributed by atoms with van der Waals surface area (Å²) < 4.78 is 27.5. The van der Waals surface area contributed by atoms with Crippen LogP contribution in [0.1, 0.15) is 42.0 Å². The van der Waals surface area contributed by atoms with Crippen LogP contribution in [0.15, 0.2) is 16.5 Å². The highest BCUT2D eigenvalue weighted by atomic mass is 32.2. The van der Waals surface area contributed by atoms with Gasteiger partial charge in [0.2, 0.25) is 11.7 Å². The fraction of sp³-hybridized carbons (Fsp3) is 0.538. The molecular formula is C13H17NO6S. The molecule has 1 aromatic rings. The second-order valence-corrected chi connectivity index (χ2v) is 7.55. The van der Waals surface area contributed by atoms with Crippen LogP contribution in [0.5, 0.6) is 0 Å². The van der Waals surface area contributed by atoms with Crippen LogP contribution in [-0.2, 0) is 21.2 Å². The molecule has 1 heterocycles. The fourth-order valence-corrected chi connectivity index (χ4v) is 4.07. The number of furan rings is 1. The molecule has 1 saturated carbocycles. The molecular weight excluding hydrogens is 298 g/mol. The molecule has 1 aromatic heterocycles. The molecule has 0 radical (unpaired) electrons. The molecule has 0 aliphatic heterocycles. The number of carboxylic acid groups (broad SMARTS) is 1. The number of carboxylic acids is 1. The minimum absolute atomic E-state index is 0.0383. The van der Waals surface area contributed by atoms with E-state index in [9.17, 15) is 18.0 Å². The molecule has 1 aliphatic rings. The van der Waals surface area contributed by atoms with E-state index in [1.54, 1.807) is 0 Å². The molecule has 0 saturated heterocycles. The first-order valence-corrected chi connectivity index (χ1v) is 8.45. The van der Waals surface area contributed by atoms with Gasteiger partial charge in [-0.1, -0.05) is 12.8 Å². The number of hydrogen-bond donors (Lipinski definition) is 2. The van der Waals surface area contributed by atoms with E-state index in [1.165, 1.54) is 12.1 Å². The third kappa shape index (κ3) is 2.94. The Morgan fingerprint density at radius 2 is 1.95 bits per heavy atom. The lowest BCUT2D eigenvalue weighted by molar-refractivity contribution is -0.123. The fourth-order valence-electron chi connectivity index (χ4n) is 2.63. The molecule has 21 heavy (non-hydrogen) atoms. The normalized spacial score (nSPS) is 17.6. The van der Waals surface area contributed by atoms with E-state index >= 15 is 0 Å². The Labute approximate surface area is 122 Å². The number of amides is 1. The maximum atomic E-state index is 12.3. The zero-order valence-electron chi connectivity index (χ0n) is 11.6. The van der Waals surface area contributed by atoms with Crippen molar-refractivity contribution in [2.45, 2.75) is 37.0 Å². The molecule has 0 bridgehead atoms. The van der Waals surface area contributed by atoms with E-state index in [0.29, 0.717) is 25.7 Å². The van der Waals surface area contributed by atoms with E-state index < -0.39 is 26.5 Å². The smallest absolute Gasteiger partial charge is 0.371 e. The Balaban J connectivity index is 2.08. The summed E-state index contributed by atoms with van der Waals surface area (Å²) in [5.74, 6) is -1.70. The number of nitrogens with one attached hydrogen (secondary N) is 1. The van der Waals surface area contributed by atoms with E-state index in [-0.39, 0.29) is 18.1 Å². The number of carbonyl (C=O) groups excluding carboxylic acids is 1. The van der Waals surface area contributed by atoms with Crippen molar-refractivity contribution < 1.29 is 27.5 Å². The van der Waals surface area contributed by atoms with Crippen molar-refractivity contribution in [3.63, 3.8) is 0 Å².